The Bertz CT molecular complexity index is 513. The molecule has 1 aromatic carbocycles. The Morgan fingerprint density at radius 1 is 1.29 bits per heavy atom. The second-order valence-electron chi connectivity index (χ2n) is 5.06. The molecule has 1 aromatic rings. The molecule has 6 nitrogen and oxygen atoms in total. The van der Waals surface area contributed by atoms with Crippen LogP contribution in [-0.2, 0) is 9.53 Å². The van der Waals surface area contributed by atoms with E-state index in [2.05, 4.69) is 10.1 Å². The predicted molar refractivity (Wildman–Crippen MR) is 77.4 cm³/mol. The van der Waals surface area contributed by atoms with Gasteiger partial charge in [-0.3, -0.25) is 4.79 Å². The zero-order chi connectivity index (χ0) is 16.0. The van der Waals surface area contributed by atoms with Gasteiger partial charge in [0.05, 0.1) is 19.8 Å². The van der Waals surface area contributed by atoms with Crippen LogP contribution in [0.2, 0.25) is 0 Å². The van der Waals surface area contributed by atoms with Gasteiger partial charge in [-0.05, 0) is 24.5 Å². The van der Waals surface area contributed by atoms with E-state index in [1.165, 1.54) is 26.4 Å². The minimum atomic E-state index is -0.746. The molecule has 1 rings (SSSR count). The Balaban J connectivity index is 2.88. The number of hydrogen-bond acceptors (Lipinski definition) is 5. The van der Waals surface area contributed by atoms with Crippen LogP contribution in [-0.4, -0.2) is 37.2 Å². The number of nitrogens with one attached hydrogen (secondary N) is 1. The molecule has 1 unspecified atom stereocenters. The second-order valence-corrected chi connectivity index (χ2v) is 5.06. The fourth-order valence-corrected chi connectivity index (χ4v) is 1.89. The standard InChI is InChI=1S/C15H21NO5/c1-9(2)7-12(15(19)21-4)16-14(18)11-6-5-10(20-3)8-13(11)17/h5-6,8-9,12,17H,7H2,1-4H3,(H,16,18). The smallest absolute Gasteiger partial charge is 0.328 e. The first-order valence-corrected chi connectivity index (χ1v) is 6.64. The zero-order valence-electron chi connectivity index (χ0n) is 12.7. The van der Waals surface area contributed by atoms with Crippen LogP contribution >= 0.6 is 0 Å². The largest absolute Gasteiger partial charge is 0.507 e. The van der Waals surface area contributed by atoms with Gasteiger partial charge in [-0.2, -0.15) is 0 Å². The number of carbonyl (C=O) groups excluding carboxylic acids is 2. The summed E-state index contributed by atoms with van der Waals surface area (Å²) in [6, 6.07) is 3.59. The SMILES string of the molecule is COC(=O)C(CC(C)C)NC(=O)c1ccc(OC)cc1O. The minimum absolute atomic E-state index is 0.0773. The molecule has 0 aliphatic heterocycles. The second kappa shape index (κ2) is 7.52. The molecule has 2 N–H and O–H groups in total. The number of ether oxygens (including phenoxy) is 2. The number of phenolic OH excluding ortho intramolecular Hbond substituents is 1. The topological polar surface area (TPSA) is 84.9 Å². The van der Waals surface area contributed by atoms with Crippen molar-refractivity contribution in [3.63, 3.8) is 0 Å². The Hall–Kier alpha value is -2.24. The van der Waals surface area contributed by atoms with Gasteiger partial charge >= 0.3 is 5.97 Å². The van der Waals surface area contributed by atoms with E-state index in [1.54, 1.807) is 6.07 Å². The number of rotatable bonds is 6. The summed E-state index contributed by atoms with van der Waals surface area (Å²) in [5.74, 6) is -0.606. The van der Waals surface area contributed by atoms with Crippen molar-refractivity contribution < 1.29 is 24.2 Å². The highest BCUT2D eigenvalue weighted by Crippen LogP contribution is 2.23. The highest BCUT2D eigenvalue weighted by molar-refractivity contribution is 5.99. The van der Waals surface area contributed by atoms with Crippen LogP contribution in [0.1, 0.15) is 30.6 Å². The summed E-state index contributed by atoms with van der Waals surface area (Å²) in [4.78, 5) is 23.8. The number of phenols is 1. The maximum Gasteiger partial charge on any atom is 0.328 e. The van der Waals surface area contributed by atoms with Crippen LogP contribution in [0.5, 0.6) is 11.5 Å². The lowest BCUT2D eigenvalue weighted by Gasteiger charge is -2.18. The van der Waals surface area contributed by atoms with Crippen LogP contribution in [0.15, 0.2) is 18.2 Å². The summed E-state index contributed by atoms with van der Waals surface area (Å²) in [5.41, 5.74) is 0.0773. The van der Waals surface area contributed by atoms with Crippen molar-refractivity contribution in [3.05, 3.63) is 23.8 Å². The summed E-state index contributed by atoms with van der Waals surface area (Å²) in [7, 11) is 2.73. The van der Waals surface area contributed by atoms with Crippen molar-refractivity contribution in [2.24, 2.45) is 5.92 Å². The Labute approximate surface area is 124 Å². The van der Waals surface area contributed by atoms with Gasteiger partial charge in [0, 0.05) is 6.07 Å². The van der Waals surface area contributed by atoms with E-state index in [-0.39, 0.29) is 17.2 Å². The monoisotopic (exact) mass is 295 g/mol. The first-order valence-electron chi connectivity index (χ1n) is 6.64. The van der Waals surface area contributed by atoms with Crippen LogP contribution < -0.4 is 10.1 Å². The average Bonchev–Trinajstić information content (AvgIpc) is 2.44. The first kappa shape index (κ1) is 16.8. The summed E-state index contributed by atoms with van der Waals surface area (Å²) in [6.07, 6.45) is 0.454. The van der Waals surface area contributed by atoms with Crippen LogP contribution in [0.25, 0.3) is 0 Å². The molecule has 0 aromatic heterocycles. The Morgan fingerprint density at radius 2 is 1.95 bits per heavy atom. The molecule has 0 saturated heterocycles. The lowest BCUT2D eigenvalue weighted by atomic mass is 10.0. The number of benzene rings is 1. The molecule has 1 amide bonds. The van der Waals surface area contributed by atoms with Crippen molar-refractivity contribution in [1.29, 1.82) is 0 Å². The lowest BCUT2D eigenvalue weighted by molar-refractivity contribution is -0.143. The first-order chi connectivity index (χ1) is 9.88. The number of hydrogen-bond donors (Lipinski definition) is 2. The van der Waals surface area contributed by atoms with Crippen LogP contribution in [0, 0.1) is 5.92 Å². The minimum Gasteiger partial charge on any atom is -0.507 e. The van der Waals surface area contributed by atoms with E-state index in [1.807, 2.05) is 13.8 Å². The van der Waals surface area contributed by atoms with E-state index in [4.69, 9.17) is 4.74 Å². The van der Waals surface area contributed by atoms with Crippen molar-refractivity contribution in [1.82, 2.24) is 5.32 Å². The summed E-state index contributed by atoms with van der Waals surface area (Å²) in [6.45, 7) is 3.87. The molecule has 1 atom stereocenters. The molecule has 116 valence electrons. The maximum absolute atomic E-state index is 12.2. The molecular weight excluding hydrogens is 274 g/mol. The number of esters is 1. The van der Waals surface area contributed by atoms with Crippen molar-refractivity contribution in [3.8, 4) is 11.5 Å². The molecule has 0 aliphatic rings. The quantitative estimate of drug-likeness (QED) is 0.781. The van der Waals surface area contributed by atoms with Gasteiger partial charge in [-0.15, -0.1) is 0 Å². The molecule has 0 aliphatic carbocycles. The van der Waals surface area contributed by atoms with E-state index in [0.29, 0.717) is 12.2 Å². The Kier molecular flexibility index (Phi) is 6.02. The third-order valence-corrected chi connectivity index (χ3v) is 2.95. The maximum atomic E-state index is 12.2. The number of aromatic hydroxyl groups is 1. The van der Waals surface area contributed by atoms with Crippen LogP contribution in [0.4, 0.5) is 0 Å². The van der Waals surface area contributed by atoms with Crippen LogP contribution in [0.3, 0.4) is 0 Å². The number of carbonyl (C=O) groups is 2. The van der Waals surface area contributed by atoms with Crippen molar-refractivity contribution in [2.45, 2.75) is 26.3 Å². The zero-order valence-corrected chi connectivity index (χ0v) is 12.7. The van der Waals surface area contributed by atoms with Gasteiger partial charge in [0.1, 0.15) is 17.5 Å². The predicted octanol–water partition coefficient (Wildman–Crippen LogP) is 1.72. The molecule has 21 heavy (non-hydrogen) atoms. The molecule has 0 spiro atoms. The fraction of sp³-hybridized carbons (Fsp3) is 0.467. The highest BCUT2D eigenvalue weighted by Gasteiger charge is 2.24. The van der Waals surface area contributed by atoms with Gasteiger partial charge in [-0.25, -0.2) is 4.79 Å². The molecule has 0 radical (unpaired) electrons. The number of methoxy groups -OCH3 is 2. The third kappa shape index (κ3) is 4.66. The van der Waals surface area contributed by atoms with Crippen molar-refractivity contribution in [2.75, 3.05) is 14.2 Å². The summed E-state index contributed by atoms with van der Waals surface area (Å²) in [5, 5.41) is 12.4. The normalized spacial score (nSPS) is 11.9. The van der Waals surface area contributed by atoms with E-state index >= 15 is 0 Å². The van der Waals surface area contributed by atoms with Gasteiger partial charge in [-0.1, -0.05) is 13.8 Å². The van der Waals surface area contributed by atoms with Crippen molar-refractivity contribution >= 4 is 11.9 Å². The Morgan fingerprint density at radius 3 is 2.43 bits per heavy atom. The summed E-state index contributed by atoms with van der Waals surface area (Å²) >= 11 is 0. The summed E-state index contributed by atoms with van der Waals surface area (Å²) < 4.78 is 9.63. The average molecular weight is 295 g/mol. The highest BCUT2D eigenvalue weighted by atomic mass is 16.5. The van der Waals surface area contributed by atoms with E-state index in [0.717, 1.165) is 0 Å². The molecule has 0 saturated carbocycles. The fourth-order valence-electron chi connectivity index (χ4n) is 1.89. The molecule has 0 fully saturated rings. The molecular formula is C15H21NO5. The molecule has 0 heterocycles. The van der Waals surface area contributed by atoms with Gasteiger partial charge < -0.3 is 19.9 Å². The third-order valence-electron chi connectivity index (χ3n) is 2.95. The van der Waals surface area contributed by atoms with E-state index < -0.39 is 17.9 Å². The number of amides is 1. The van der Waals surface area contributed by atoms with Gasteiger partial charge in [0.15, 0.2) is 0 Å². The molecule has 0 bridgehead atoms. The van der Waals surface area contributed by atoms with Gasteiger partial charge in [0.25, 0.3) is 5.91 Å². The molecule has 6 heteroatoms. The lowest BCUT2D eigenvalue weighted by Crippen LogP contribution is -2.42. The van der Waals surface area contributed by atoms with E-state index in [9.17, 15) is 14.7 Å². The van der Waals surface area contributed by atoms with Gasteiger partial charge in [0.2, 0.25) is 0 Å².